The lowest BCUT2D eigenvalue weighted by atomic mass is 10.00. The van der Waals surface area contributed by atoms with Crippen LogP contribution in [-0.2, 0) is 0 Å². The summed E-state index contributed by atoms with van der Waals surface area (Å²) in [7, 11) is 0. The molecule has 1 aromatic carbocycles. The number of rotatable bonds is 2. The Morgan fingerprint density at radius 1 is 1.24 bits per heavy atom. The Morgan fingerprint density at radius 2 is 1.94 bits per heavy atom. The van der Waals surface area contributed by atoms with Crippen LogP contribution in [0.4, 0.5) is 8.78 Å². The van der Waals surface area contributed by atoms with Gasteiger partial charge in [0.25, 0.3) is 0 Å². The van der Waals surface area contributed by atoms with E-state index >= 15 is 0 Å². The van der Waals surface area contributed by atoms with Crippen LogP contribution in [0.3, 0.4) is 0 Å². The number of aryl methyl sites for hydroxylation is 1. The fourth-order valence-electron chi connectivity index (χ4n) is 1.69. The molecule has 90 valence electrons. The summed E-state index contributed by atoms with van der Waals surface area (Å²) in [5, 5.41) is 0. The molecule has 5 heteroatoms. The topological polar surface area (TPSA) is 26.0 Å². The Hall–Kier alpha value is -0.780. The van der Waals surface area contributed by atoms with Crippen molar-refractivity contribution < 1.29 is 8.78 Å². The highest BCUT2D eigenvalue weighted by Crippen LogP contribution is 2.33. The minimum atomic E-state index is -0.612. The second-order valence-corrected chi connectivity index (χ2v) is 6.34. The highest BCUT2D eigenvalue weighted by atomic mass is 79.9. The number of halogens is 3. The molecule has 1 aromatic heterocycles. The van der Waals surface area contributed by atoms with Gasteiger partial charge < -0.3 is 5.73 Å². The Labute approximate surface area is 110 Å². The molecule has 0 saturated carbocycles. The summed E-state index contributed by atoms with van der Waals surface area (Å²) in [5.74, 6) is -1.21. The largest absolute Gasteiger partial charge is 0.320 e. The molecule has 17 heavy (non-hydrogen) atoms. The molecule has 1 atom stereocenters. The van der Waals surface area contributed by atoms with Gasteiger partial charge in [-0.3, -0.25) is 0 Å². The van der Waals surface area contributed by atoms with Crippen molar-refractivity contribution in [1.82, 2.24) is 0 Å². The van der Waals surface area contributed by atoms with Crippen LogP contribution in [0, 0.1) is 18.6 Å². The third kappa shape index (κ3) is 2.56. The Balaban J connectivity index is 2.43. The number of nitrogens with two attached hydrogens (primary N) is 1. The summed E-state index contributed by atoms with van der Waals surface area (Å²) < 4.78 is 27.4. The number of hydrogen-bond donors (Lipinski definition) is 1. The van der Waals surface area contributed by atoms with Gasteiger partial charge in [-0.1, -0.05) is 6.07 Å². The van der Waals surface area contributed by atoms with E-state index in [1.165, 1.54) is 12.1 Å². The van der Waals surface area contributed by atoms with Crippen molar-refractivity contribution in [3.05, 3.63) is 55.7 Å². The molecule has 0 radical (unpaired) electrons. The van der Waals surface area contributed by atoms with Crippen molar-refractivity contribution in [2.75, 3.05) is 0 Å². The van der Waals surface area contributed by atoms with E-state index in [0.29, 0.717) is 5.56 Å². The molecular formula is C12H10BrF2NS. The molecule has 0 aliphatic rings. The Morgan fingerprint density at radius 3 is 2.47 bits per heavy atom. The molecule has 2 rings (SSSR count). The van der Waals surface area contributed by atoms with E-state index in [-0.39, 0.29) is 0 Å². The molecule has 1 unspecified atom stereocenters. The summed E-state index contributed by atoms with van der Waals surface area (Å²) in [6.45, 7) is 1.92. The first kappa shape index (κ1) is 12.7. The van der Waals surface area contributed by atoms with Crippen LogP contribution in [0.25, 0.3) is 0 Å². The predicted octanol–water partition coefficient (Wildman–Crippen LogP) is 4.15. The molecule has 1 heterocycles. The first-order valence-corrected chi connectivity index (χ1v) is 6.56. The van der Waals surface area contributed by atoms with Crippen molar-refractivity contribution in [3.8, 4) is 0 Å². The normalized spacial score (nSPS) is 12.8. The molecule has 0 spiro atoms. The van der Waals surface area contributed by atoms with Crippen LogP contribution >= 0.6 is 27.3 Å². The fraction of sp³-hybridized carbons (Fsp3) is 0.167. The van der Waals surface area contributed by atoms with E-state index in [1.54, 1.807) is 11.3 Å². The van der Waals surface area contributed by atoms with Crippen LogP contribution in [0.15, 0.2) is 28.1 Å². The average molecular weight is 318 g/mol. The van der Waals surface area contributed by atoms with Crippen molar-refractivity contribution in [2.45, 2.75) is 13.0 Å². The zero-order chi connectivity index (χ0) is 12.6. The first-order chi connectivity index (χ1) is 7.99. The zero-order valence-corrected chi connectivity index (χ0v) is 11.4. The lowest BCUT2D eigenvalue weighted by Gasteiger charge is -2.12. The smallest absolute Gasteiger partial charge is 0.131 e. The summed E-state index contributed by atoms with van der Waals surface area (Å²) in [4.78, 5) is 1.02. The maximum atomic E-state index is 13.6. The van der Waals surface area contributed by atoms with Gasteiger partial charge in [-0.15, -0.1) is 11.3 Å². The third-order valence-corrected chi connectivity index (χ3v) is 4.13. The van der Waals surface area contributed by atoms with Crippen LogP contribution in [-0.4, -0.2) is 0 Å². The van der Waals surface area contributed by atoms with E-state index in [4.69, 9.17) is 5.73 Å². The number of thiophene rings is 1. The van der Waals surface area contributed by atoms with Gasteiger partial charge in [0.05, 0.1) is 9.83 Å². The summed E-state index contributed by atoms with van der Waals surface area (Å²) in [6, 6.07) is 4.76. The highest BCUT2D eigenvalue weighted by molar-refractivity contribution is 9.11. The molecule has 0 aliphatic carbocycles. The second kappa shape index (κ2) is 4.84. The van der Waals surface area contributed by atoms with Gasteiger partial charge in [-0.05, 0) is 40.5 Å². The zero-order valence-electron chi connectivity index (χ0n) is 9.01. The van der Waals surface area contributed by atoms with E-state index in [0.717, 1.165) is 20.3 Å². The standard InChI is InChI=1S/C12H10BrF2NS/c1-6-9(5-11(13)17-6)12(16)8-3-2-7(14)4-10(8)15/h2-5,12H,16H2,1H3. The van der Waals surface area contributed by atoms with Gasteiger partial charge in [0, 0.05) is 16.5 Å². The molecule has 0 saturated heterocycles. The summed E-state index contributed by atoms with van der Waals surface area (Å²) in [5.41, 5.74) is 7.16. The van der Waals surface area contributed by atoms with Gasteiger partial charge in [0.1, 0.15) is 11.6 Å². The molecule has 0 aliphatic heterocycles. The molecular weight excluding hydrogens is 308 g/mol. The molecule has 0 fully saturated rings. The van der Waals surface area contributed by atoms with Crippen molar-refractivity contribution >= 4 is 27.3 Å². The summed E-state index contributed by atoms with van der Waals surface area (Å²) >= 11 is 4.90. The molecule has 1 nitrogen and oxygen atoms in total. The van der Waals surface area contributed by atoms with E-state index in [2.05, 4.69) is 15.9 Å². The van der Waals surface area contributed by atoms with Gasteiger partial charge in [0.15, 0.2) is 0 Å². The van der Waals surface area contributed by atoms with Crippen LogP contribution in [0.5, 0.6) is 0 Å². The van der Waals surface area contributed by atoms with Crippen molar-refractivity contribution in [1.29, 1.82) is 0 Å². The Kier molecular flexibility index (Phi) is 3.61. The van der Waals surface area contributed by atoms with Gasteiger partial charge in [-0.2, -0.15) is 0 Å². The van der Waals surface area contributed by atoms with Crippen LogP contribution in [0.1, 0.15) is 22.0 Å². The van der Waals surface area contributed by atoms with E-state index in [9.17, 15) is 8.78 Å². The maximum absolute atomic E-state index is 13.6. The van der Waals surface area contributed by atoms with Crippen molar-refractivity contribution in [2.24, 2.45) is 5.73 Å². The SMILES string of the molecule is Cc1sc(Br)cc1C(N)c1ccc(F)cc1F. The van der Waals surface area contributed by atoms with Crippen LogP contribution < -0.4 is 5.73 Å². The van der Waals surface area contributed by atoms with Gasteiger partial charge >= 0.3 is 0 Å². The molecule has 0 bridgehead atoms. The van der Waals surface area contributed by atoms with Crippen molar-refractivity contribution in [3.63, 3.8) is 0 Å². The quantitative estimate of drug-likeness (QED) is 0.884. The van der Waals surface area contributed by atoms with E-state index < -0.39 is 17.7 Å². The molecule has 0 amide bonds. The third-order valence-electron chi connectivity index (χ3n) is 2.56. The summed E-state index contributed by atoms with van der Waals surface area (Å²) in [6.07, 6.45) is 0. The van der Waals surface area contributed by atoms with Crippen LogP contribution in [0.2, 0.25) is 0 Å². The van der Waals surface area contributed by atoms with Gasteiger partial charge in [0.2, 0.25) is 0 Å². The molecule has 2 N–H and O–H groups in total. The highest BCUT2D eigenvalue weighted by Gasteiger charge is 2.17. The minimum Gasteiger partial charge on any atom is -0.320 e. The predicted molar refractivity (Wildman–Crippen MR) is 69.1 cm³/mol. The minimum absolute atomic E-state index is 0.305. The Bertz CT molecular complexity index is 553. The fourth-order valence-corrected chi connectivity index (χ4v) is 3.45. The first-order valence-electron chi connectivity index (χ1n) is 4.95. The van der Waals surface area contributed by atoms with Gasteiger partial charge in [-0.25, -0.2) is 8.78 Å². The monoisotopic (exact) mass is 317 g/mol. The lowest BCUT2D eigenvalue weighted by Crippen LogP contribution is -2.13. The maximum Gasteiger partial charge on any atom is 0.131 e. The second-order valence-electron chi connectivity index (χ2n) is 3.71. The average Bonchev–Trinajstić information content (AvgIpc) is 2.57. The number of benzene rings is 1. The number of hydrogen-bond acceptors (Lipinski definition) is 2. The van der Waals surface area contributed by atoms with E-state index in [1.807, 2.05) is 13.0 Å². The lowest BCUT2D eigenvalue weighted by molar-refractivity contribution is 0.566. The molecule has 2 aromatic rings.